The van der Waals surface area contributed by atoms with Crippen LogP contribution in [0.25, 0.3) is 0 Å². The number of hydrogen-bond acceptors (Lipinski definition) is 5. The van der Waals surface area contributed by atoms with Crippen LogP contribution < -0.4 is 0 Å². The minimum atomic E-state index is -3.62. The lowest BCUT2D eigenvalue weighted by atomic mass is 10.0. The smallest absolute Gasteiger partial charge is 0.329 e. The molecule has 1 saturated heterocycles. The normalized spacial score (nSPS) is 21.2. The number of rotatable bonds is 5. The lowest BCUT2D eigenvalue weighted by molar-refractivity contribution is -0.157. The van der Waals surface area contributed by atoms with E-state index in [0.717, 1.165) is 4.31 Å². The van der Waals surface area contributed by atoms with Crippen LogP contribution in [-0.2, 0) is 19.6 Å². The average Bonchev–Trinajstić information content (AvgIpc) is 2.21. The second kappa shape index (κ2) is 4.60. The van der Waals surface area contributed by atoms with E-state index in [1.54, 1.807) is 13.0 Å². The Hall–Kier alpha value is -1.17. The molecule has 1 aliphatic heterocycles. The van der Waals surface area contributed by atoms with Crippen LogP contribution in [0.4, 0.5) is 0 Å². The number of hydrogen-bond donors (Lipinski definition) is 1. The molecule has 1 fully saturated rings. The summed E-state index contributed by atoms with van der Waals surface area (Å²) >= 11 is 0. The molecule has 0 bridgehead atoms. The SMILES string of the molecule is CC(C#N)S(=O)(=O)N1CC(C)(OCC(=O)O)C1. The van der Waals surface area contributed by atoms with Gasteiger partial charge in [-0.3, -0.25) is 0 Å². The van der Waals surface area contributed by atoms with E-state index in [0.29, 0.717) is 0 Å². The Morgan fingerprint density at radius 2 is 2.18 bits per heavy atom. The number of sulfonamides is 1. The van der Waals surface area contributed by atoms with Gasteiger partial charge in [-0.25, -0.2) is 13.2 Å². The molecule has 1 aliphatic rings. The summed E-state index contributed by atoms with van der Waals surface area (Å²) in [6.45, 7) is 2.64. The van der Waals surface area contributed by atoms with Crippen molar-refractivity contribution in [3.63, 3.8) is 0 Å². The molecule has 0 spiro atoms. The summed E-state index contributed by atoms with van der Waals surface area (Å²) in [6.07, 6.45) is 0. The van der Waals surface area contributed by atoms with Crippen LogP contribution in [0, 0.1) is 11.3 Å². The summed E-state index contributed by atoms with van der Waals surface area (Å²) in [5.41, 5.74) is -0.777. The van der Waals surface area contributed by atoms with Gasteiger partial charge in [0.15, 0.2) is 5.25 Å². The van der Waals surface area contributed by atoms with E-state index < -0.39 is 33.5 Å². The molecule has 1 N–H and O–H groups in total. The van der Waals surface area contributed by atoms with E-state index in [1.165, 1.54) is 6.92 Å². The third-order valence-electron chi connectivity index (χ3n) is 2.55. The van der Waals surface area contributed by atoms with Crippen molar-refractivity contribution in [2.45, 2.75) is 24.7 Å². The van der Waals surface area contributed by atoms with Crippen LogP contribution in [0.15, 0.2) is 0 Å². The van der Waals surface area contributed by atoms with Gasteiger partial charge >= 0.3 is 5.97 Å². The fraction of sp³-hybridized carbons (Fsp3) is 0.778. The van der Waals surface area contributed by atoms with Crippen LogP contribution in [-0.4, -0.2) is 54.3 Å². The Labute approximate surface area is 99.6 Å². The zero-order valence-electron chi connectivity index (χ0n) is 9.58. The number of nitriles is 1. The largest absolute Gasteiger partial charge is 0.480 e. The molecule has 7 nitrogen and oxygen atoms in total. The first-order valence-electron chi connectivity index (χ1n) is 4.95. The summed E-state index contributed by atoms with van der Waals surface area (Å²) in [7, 11) is -3.62. The van der Waals surface area contributed by atoms with Crippen LogP contribution in [0.1, 0.15) is 13.8 Å². The third-order valence-corrected chi connectivity index (χ3v) is 4.53. The molecule has 17 heavy (non-hydrogen) atoms. The zero-order chi connectivity index (χ0) is 13.3. The highest BCUT2D eigenvalue weighted by molar-refractivity contribution is 7.90. The Bertz CT molecular complexity index is 446. The van der Waals surface area contributed by atoms with Crippen molar-refractivity contribution in [1.82, 2.24) is 4.31 Å². The summed E-state index contributed by atoms with van der Waals surface area (Å²) in [5, 5.41) is 15.9. The minimum absolute atomic E-state index is 0.0780. The fourth-order valence-electron chi connectivity index (χ4n) is 1.50. The van der Waals surface area contributed by atoms with Crippen LogP contribution in [0.2, 0.25) is 0 Å². The van der Waals surface area contributed by atoms with Gasteiger partial charge in [-0.05, 0) is 13.8 Å². The molecule has 0 aromatic carbocycles. The molecule has 0 amide bonds. The van der Waals surface area contributed by atoms with Crippen molar-refractivity contribution < 1.29 is 23.1 Å². The summed E-state index contributed by atoms with van der Waals surface area (Å²) in [4.78, 5) is 10.3. The maximum Gasteiger partial charge on any atom is 0.329 e. The lowest BCUT2D eigenvalue weighted by Crippen LogP contribution is -2.64. The second-order valence-corrected chi connectivity index (χ2v) is 6.47. The fourth-order valence-corrected chi connectivity index (χ4v) is 2.98. The van der Waals surface area contributed by atoms with Crippen molar-refractivity contribution >= 4 is 16.0 Å². The maximum absolute atomic E-state index is 11.7. The van der Waals surface area contributed by atoms with Gasteiger partial charge in [0, 0.05) is 13.1 Å². The van der Waals surface area contributed by atoms with E-state index in [-0.39, 0.29) is 13.1 Å². The number of carbonyl (C=O) groups is 1. The van der Waals surface area contributed by atoms with Gasteiger partial charge < -0.3 is 9.84 Å². The van der Waals surface area contributed by atoms with E-state index in [1.807, 2.05) is 0 Å². The number of ether oxygens (including phenoxy) is 1. The number of carboxylic acid groups (broad SMARTS) is 1. The van der Waals surface area contributed by atoms with Gasteiger partial charge in [0.1, 0.15) is 6.61 Å². The first-order valence-corrected chi connectivity index (χ1v) is 6.46. The molecule has 0 aromatic heterocycles. The molecule has 0 saturated carbocycles. The van der Waals surface area contributed by atoms with E-state index in [2.05, 4.69) is 0 Å². The highest BCUT2D eigenvalue weighted by Crippen LogP contribution is 2.28. The first kappa shape index (κ1) is 13.9. The van der Waals surface area contributed by atoms with Gasteiger partial charge in [0.05, 0.1) is 11.7 Å². The summed E-state index contributed by atoms with van der Waals surface area (Å²) in [5.74, 6) is -1.10. The Morgan fingerprint density at radius 3 is 2.59 bits per heavy atom. The van der Waals surface area contributed by atoms with E-state index in [9.17, 15) is 13.2 Å². The zero-order valence-corrected chi connectivity index (χ0v) is 10.4. The molecule has 1 unspecified atom stereocenters. The highest BCUT2D eigenvalue weighted by atomic mass is 32.2. The van der Waals surface area contributed by atoms with Crippen LogP contribution >= 0.6 is 0 Å². The quantitative estimate of drug-likeness (QED) is 0.709. The van der Waals surface area contributed by atoms with Crippen molar-refractivity contribution in [3.05, 3.63) is 0 Å². The number of aliphatic carboxylic acids is 1. The predicted molar refractivity (Wildman–Crippen MR) is 57.6 cm³/mol. The Balaban J connectivity index is 2.57. The van der Waals surface area contributed by atoms with Crippen molar-refractivity contribution in [2.24, 2.45) is 0 Å². The minimum Gasteiger partial charge on any atom is -0.480 e. The van der Waals surface area contributed by atoms with Crippen molar-refractivity contribution in [2.75, 3.05) is 19.7 Å². The average molecular weight is 262 g/mol. The second-order valence-electron chi connectivity index (χ2n) is 4.22. The summed E-state index contributed by atoms with van der Waals surface area (Å²) in [6, 6.07) is 1.67. The molecule has 0 aliphatic carbocycles. The molecule has 8 heteroatoms. The van der Waals surface area contributed by atoms with Gasteiger partial charge in [-0.1, -0.05) is 0 Å². The highest BCUT2D eigenvalue weighted by Gasteiger charge is 2.47. The van der Waals surface area contributed by atoms with Gasteiger partial charge in [-0.2, -0.15) is 9.57 Å². The number of nitrogens with zero attached hydrogens (tertiary/aromatic N) is 2. The number of carboxylic acids is 1. The summed E-state index contributed by atoms with van der Waals surface area (Å²) < 4.78 is 29.6. The monoisotopic (exact) mass is 262 g/mol. The van der Waals surface area contributed by atoms with Crippen molar-refractivity contribution in [3.8, 4) is 6.07 Å². The third kappa shape index (κ3) is 2.94. The standard InChI is InChI=1S/C9H14N2O5S/c1-7(3-10)17(14,15)11-5-9(2,6-11)16-4-8(12)13/h7H,4-6H2,1-2H3,(H,12,13). The molecule has 1 heterocycles. The molecule has 1 atom stereocenters. The molecule has 96 valence electrons. The molecule has 0 aromatic rings. The predicted octanol–water partition coefficient (Wildman–Crippen LogP) is -0.596. The first-order chi connectivity index (χ1) is 7.71. The molecular weight excluding hydrogens is 248 g/mol. The topological polar surface area (TPSA) is 108 Å². The van der Waals surface area contributed by atoms with E-state index in [4.69, 9.17) is 15.1 Å². The van der Waals surface area contributed by atoms with Crippen LogP contribution in [0.3, 0.4) is 0 Å². The molecular formula is C9H14N2O5S. The van der Waals surface area contributed by atoms with Gasteiger partial charge in [0.2, 0.25) is 10.0 Å². The van der Waals surface area contributed by atoms with Crippen molar-refractivity contribution in [1.29, 1.82) is 5.26 Å². The molecule has 0 radical (unpaired) electrons. The molecule has 1 rings (SSSR count). The van der Waals surface area contributed by atoms with Crippen LogP contribution in [0.5, 0.6) is 0 Å². The van der Waals surface area contributed by atoms with Gasteiger partial charge in [-0.15, -0.1) is 0 Å². The maximum atomic E-state index is 11.7. The van der Waals surface area contributed by atoms with E-state index >= 15 is 0 Å². The Kier molecular flexibility index (Phi) is 3.76. The Morgan fingerprint density at radius 1 is 1.65 bits per heavy atom. The lowest BCUT2D eigenvalue weighted by Gasteiger charge is -2.46. The van der Waals surface area contributed by atoms with Gasteiger partial charge in [0.25, 0.3) is 0 Å².